The van der Waals surface area contributed by atoms with E-state index in [1.165, 1.54) is 41.5 Å². The van der Waals surface area contributed by atoms with Gasteiger partial charge in [-0.25, -0.2) is 4.98 Å². The summed E-state index contributed by atoms with van der Waals surface area (Å²) >= 11 is 1.87. The molecule has 0 spiro atoms. The van der Waals surface area contributed by atoms with E-state index in [1.54, 1.807) is 0 Å². The fraction of sp³-hybridized carbons (Fsp3) is 0.786. The third-order valence-electron chi connectivity index (χ3n) is 4.29. The average Bonchev–Trinajstić information content (AvgIpc) is 3.15. The van der Waals surface area contributed by atoms with Gasteiger partial charge in [-0.3, -0.25) is 4.90 Å². The van der Waals surface area contributed by atoms with Gasteiger partial charge in [0.05, 0.1) is 10.7 Å². The molecule has 1 aliphatic carbocycles. The Morgan fingerprint density at radius 1 is 1.39 bits per heavy atom. The SMILES string of the molecule is Cc1nc(C)c(C(C)N2CCNC(C3CC3)C2)s1. The molecule has 1 N–H and O–H groups in total. The Balaban J connectivity index is 1.71. The zero-order valence-corrected chi connectivity index (χ0v) is 12.4. The Morgan fingerprint density at radius 3 is 2.78 bits per heavy atom. The van der Waals surface area contributed by atoms with Crippen molar-refractivity contribution in [3.63, 3.8) is 0 Å². The maximum Gasteiger partial charge on any atom is 0.0900 e. The summed E-state index contributed by atoms with van der Waals surface area (Å²) in [5.74, 6) is 0.948. The average molecular weight is 265 g/mol. The number of aromatic nitrogens is 1. The molecule has 0 radical (unpaired) electrons. The number of aryl methyl sites for hydroxylation is 2. The van der Waals surface area contributed by atoms with Crippen LogP contribution in [0.4, 0.5) is 0 Å². The summed E-state index contributed by atoms with van der Waals surface area (Å²) in [6.45, 7) is 10.1. The van der Waals surface area contributed by atoms with Crippen LogP contribution < -0.4 is 5.32 Å². The molecular weight excluding hydrogens is 242 g/mol. The standard InChI is InChI=1S/C14H23N3S/c1-9-14(18-11(3)16-9)10(2)17-7-6-15-13(8-17)12-4-5-12/h10,12-13,15H,4-8H2,1-3H3. The Morgan fingerprint density at radius 2 is 2.17 bits per heavy atom. The lowest BCUT2D eigenvalue weighted by Crippen LogP contribution is -2.52. The van der Waals surface area contributed by atoms with Gasteiger partial charge in [-0.2, -0.15) is 0 Å². The van der Waals surface area contributed by atoms with E-state index < -0.39 is 0 Å². The van der Waals surface area contributed by atoms with Gasteiger partial charge in [0.2, 0.25) is 0 Å². The van der Waals surface area contributed by atoms with Crippen molar-refractivity contribution in [2.75, 3.05) is 19.6 Å². The maximum absolute atomic E-state index is 4.57. The number of thiazole rings is 1. The Labute approximate surface area is 114 Å². The fourth-order valence-corrected chi connectivity index (χ4v) is 4.08. The van der Waals surface area contributed by atoms with Gasteiger partial charge in [-0.1, -0.05) is 0 Å². The molecule has 18 heavy (non-hydrogen) atoms. The molecule has 0 aromatic carbocycles. The van der Waals surface area contributed by atoms with Crippen LogP contribution in [0, 0.1) is 19.8 Å². The molecule has 2 fully saturated rings. The lowest BCUT2D eigenvalue weighted by molar-refractivity contribution is 0.146. The molecule has 1 saturated heterocycles. The first-order chi connectivity index (χ1) is 8.65. The second-order valence-electron chi connectivity index (χ2n) is 5.75. The molecule has 0 bridgehead atoms. The van der Waals surface area contributed by atoms with Crippen molar-refractivity contribution >= 4 is 11.3 Å². The van der Waals surface area contributed by atoms with Crippen LogP contribution in [0.15, 0.2) is 0 Å². The van der Waals surface area contributed by atoms with E-state index in [2.05, 4.69) is 36.0 Å². The molecule has 1 aromatic heterocycles. The van der Waals surface area contributed by atoms with Crippen LogP contribution in [0.25, 0.3) is 0 Å². The van der Waals surface area contributed by atoms with Gasteiger partial charge < -0.3 is 5.32 Å². The first-order valence-electron chi connectivity index (χ1n) is 7.06. The summed E-state index contributed by atoms with van der Waals surface area (Å²) < 4.78 is 0. The molecule has 2 aliphatic rings. The molecule has 2 unspecified atom stereocenters. The molecule has 2 heterocycles. The van der Waals surface area contributed by atoms with Gasteiger partial charge >= 0.3 is 0 Å². The quantitative estimate of drug-likeness (QED) is 0.910. The van der Waals surface area contributed by atoms with Gasteiger partial charge in [0, 0.05) is 36.6 Å². The molecular formula is C14H23N3S. The third-order valence-corrected chi connectivity index (χ3v) is 5.54. The van der Waals surface area contributed by atoms with Crippen molar-refractivity contribution in [3.05, 3.63) is 15.6 Å². The summed E-state index contributed by atoms with van der Waals surface area (Å²) in [4.78, 5) is 8.67. The van der Waals surface area contributed by atoms with E-state index in [-0.39, 0.29) is 0 Å². The lowest BCUT2D eigenvalue weighted by atomic mass is 10.1. The van der Waals surface area contributed by atoms with Crippen molar-refractivity contribution in [1.29, 1.82) is 0 Å². The van der Waals surface area contributed by atoms with Gasteiger partial charge in [0.15, 0.2) is 0 Å². The van der Waals surface area contributed by atoms with Crippen LogP contribution in [0.3, 0.4) is 0 Å². The minimum Gasteiger partial charge on any atom is -0.311 e. The van der Waals surface area contributed by atoms with E-state index in [4.69, 9.17) is 0 Å². The molecule has 3 nitrogen and oxygen atoms in total. The number of nitrogens with one attached hydrogen (secondary N) is 1. The topological polar surface area (TPSA) is 28.2 Å². The smallest absolute Gasteiger partial charge is 0.0900 e. The first-order valence-corrected chi connectivity index (χ1v) is 7.88. The Hall–Kier alpha value is -0.450. The molecule has 1 aromatic rings. The minimum atomic E-state index is 0.527. The van der Waals surface area contributed by atoms with Crippen LogP contribution in [0.1, 0.15) is 41.4 Å². The van der Waals surface area contributed by atoms with E-state index >= 15 is 0 Å². The van der Waals surface area contributed by atoms with Crippen LogP contribution in [-0.2, 0) is 0 Å². The number of hydrogen-bond acceptors (Lipinski definition) is 4. The van der Waals surface area contributed by atoms with Crippen molar-refractivity contribution in [2.24, 2.45) is 5.92 Å². The van der Waals surface area contributed by atoms with Crippen molar-refractivity contribution in [3.8, 4) is 0 Å². The second kappa shape index (κ2) is 4.91. The van der Waals surface area contributed by atoms with Crippen LogP contribution in [0.5, 0.6) is 0 Å². The number of hydrogen-bond donors (Lipinski definition) is 1. The largest absolute Gasteiger partial charge is 0.311 e. The predicted octanol–water partition coefficient (Wildman–Crippen LogP) is 2.50. The first kappa shape index (κ1) is 12.6. The number of piperazine rings is 1. The summed E-state index contributed by atoms with van der Waals surface area (Å²) in [5, 5.41) is 4.88. The number of nitrogens with zero attached hydrogens (tertiary/aromatic N) is 2. The molecule has 2 atom stereocenters. The molecule has 1 saturated carbocycles. The monoisotopic (exact) mass is 265 g/mol. The van der Waals surface area contributed by atoms with Crippen LogP contribution in [0.2, 0.25) is 0 Å². The zero-order chi connectivity index (χ0) is 12.7. The van der Waals surface area contributed by atoms with Gasteiger partial charge in [0.25, 0.3) is 0 Å². The maximum atomic E-state index is 4.57. The lowest BCUT2D eigenvalue weighted by Gasteiger charge is -2.37. The van der Waals surface area contributed by atoms with E-state index in [9.17, 15) is 0 Å². The highest BCUT2D eigenvalue weighted by Crippen LogP contribution is 2.36. The van der Waals surface area contributed by atoms with E-state index in [1.807, 2.05) is 11.3 Å². The number of rotatable bonds is 3. The predicted molar refractivity (Wildman–Crippen MR) is 76.1 cm³/mol. The zero-order valence-electron chi connectivity index (χ0n) is 11.6. The second-order valence-corrected chi connectivity index (χ2v) is 6.99. The van der Waals surface area contributed by atoms with Gasteiger partial charge in [-0.15, -0.1) is 11.3 Å². The molecule has 4 heteroatoms. The minimum absolute atomic E-state index is 0.527. The Bertz CT molecular complexity index is 425. The third kappa shape index (κ3) is 2.46. The summed E-state index contributed by atoms with van der Waals surface area (Å²) in [7, 11) is 0. The van der Waals surface area contributed by atoms with Crippen molar-refractivity contribution < 1.29 is 0 Å². The fourth-order valence-electron chi connectivity index (χ4n) is 3.07. The van der Waals surface area contributed by atoms with Crippen LogP contribution in [-0.4, -0.2) is 35.6 Å². The summed E-state index contributed by atoms with van der Waals surface area (Å²) in [5.41, 5.74) is 1.23. The van der Waals surface area contributed by atoms with Crippen molar-refractivity contribution in [2.45, 2.75) is 45.7 Å². The highest BCUT2D eigenvalue weighted by molar-refractivity contribution is 7.11. The normalized spacial score (nSPS) is 27.4. The highest BCUT2D eigenvalue weighted by atomic mass is 32.1. The van der Waals surface area contributed by atoms with E-state index in [0.29, 0.717) is 6.04 Å². The summed E-state index contributed by atoms with van der Waals surface area (Å²) in [6.07, 6.45) is 2.86. The molecule has 0 amide bonds. The van der Waals surface area contributed by atoms with Gasteiger partial charge in [0.1, 0.15) is 0 Å². The van der Waals surface area contributed by atoms with Crippen LogP contribution >= 0.6 is 11.3 Å². The molecule has 1 aliphatic heterocycles. The summed E-state index contributed by atoms with van der Waals surface area (Å²) in [6, 6.07) is 1.26. The molecule has 100 valence electrons. The Kier molecular flexibility index (Phi) is 3.43. The highest BCUT2D eigenvalue weighted by Gasteiger charge is 2.35. The molecule has 3 rings (SSSR count). The van der Waals surface area contributed by atoms with Crippen molar-refractivity contribution in [1.82, 2.24) is 15.2 Å². The van der Waals surface area contributed by atoms with Gasteiger partial charge in [-0.05, 0) is 39.5 Å². The van der Waals surface area contributed by atoms with E-state index in [0.717, 1.165) is 18.5 Å².